The van der Waals surface area contributed by atoms with Crippen molar-refractivity contribution in [2.45, 2.75) is 38.2 Å². The van der Waals surface area contributed by atoms with Gasteiger partial charge >= 0.3 is 5.97 Å². The number of rotatable bonds is 5. The van der Waals surface area contributed by atoms with E-state index in [1.807, 2.05) is 26.0 Å². The third-order valence-electron chi connectivity index (χ3n) is 4.90. The van der Waals surface area contributed by atoms with E-state index in [1.54, 1.807) is 0 Å². The zero-order chi connectivity index (χ0) is 20.3. The molecular weight excluding hydrogens is 381 g/mol. The van der Waals surface area contributed by atoms with Crippen LogP contribution in [0.3, 0.4) is 0 Å². The number of carbonyl (C=O) groups excluding carboxylic acids is 1. The van der Waals surface area contributed by atoms with Crippen LogP contribution in [0.1, 0.15) is 29.5 Å². The molecule has 1 heterocycles. The Labute approximate surface area is 165 Å². The molecule has 2 aromatic carbocycles. The number of sulfonamides is 1. The lowest BCUT2D eigenvalue weighted by Crippen LogP contribution is -2.40. The molecule has 2 aromatic rings. The van der Waals surface area contributed by atoms with E-state index < -0.39 is 15.8 Å². The number of ether oxygens (including phenoxy) is 1. The van der Waals surface area contributed by atoms with E-state index in [0.29, 0.717) is 12.8 Å². The third kappa shape index (κ3) is 4.77. The minimum atomic E-state index is -3.68. The first-order chi connectivity index (χ1) is 13.3. The summed E-state index contributed by atoms with van der Waals surface area (Å²) in [4.78, 5) is 12.4. The zero-order valence-corrected chi connectivity index (χ0v) is 16.8. The molecule has 1 aliphatic rings. The van der Waals surface area contributed by atoms with Crippen LogP contribution in [0.2, 0.25) is 0 Å². The van der Waals surface area contributed by atoms with Gasteiger partial charge in [0.05, 0.1) is 10.8 Å². The lowest BCUT2D eigenvalue weighted by molar-refractivity contribution is -0.151. The van der Waals surface area contributed by atoms with Crippen LogP contribution in [0, 0.1) is 25.6 Å². The Morgan fingerprint density at radius 1 is 1.07 bits per heavy atom. The molecule has 28 heavy (non-hydrogen) atoms. The van der Waals surface area contributed by atoms with Crippen LogP contribution in [0.4, 0.5) is 4.39 Å². The number of nitrogens with zero attached hydrogens (tertiary/aromatic N) is 1. The van der Waals surface area contributed by atoms with Crippen LogP contribution in [0.5, 0.6) is 0 Å². The van der Waals surface area contributed by atoms with Gasteiger partial charge in [0, 0.05) is 13.1 Å². The summed E-state index contributed by atoms with van der Waals surface area (Å²) < 4.78 is 45.1. The molecule has 150 valence electrons. The van der Waals surface area contributed by atoms with Crippen molar-refractivity contribution in [1.29, 1.82) is 0 Å². The van der Waals surface area contributed by atoms with Crippen molar-refractivity contribution in [2.75, 3.05) is 13.1 Å². The minimum Gasteiger partial charge on any atom is -0.461 e. The number of hydrogen-bond donors (Lipinski definition) is 0. The Kier molecular flexibility index (Phi) is 6.15. The van der Waals surface area contributed by atoms with E-state index in [2.05, 4.69) is 6.07 Å². The number of esters is 1. The SMILES string of the molecule is Cc1cc(C)cc(COC(=O)C2CCN(S(=O)(=O)c3ccc(F)cc3)CC2)c1. The van der Waals surface area contributed by atoms with Crippen molar-refractivity contribution in [2.24, 2.45) is 5.92 Å². The number of halogens is 1. The van der Waals surface area contributed by atoms with Gasteiger partial charge in [0.1, 0.15) is 12.4 Å². The van der Waals surface area contributed by atoms with Gasteiger partial charge in [-0.2, -0.15) is 4.31 Å². The van der Waals surface area contributed by atoms with Gasteiger partial charge in [-0.05, 0) is 56.5 Å². The molecule has 0 bridgehead atoms. The second-order valence-electron chi connectivity index (χ2n) is 7.24. The number of piperidine rings is 1. The van der Waals surface area contributed by atoms with Gasteiger partial charge in [-0.25, -0.2) is 12.8 Å². The fourth-order valence-corrected chi connectivity index (χ4v) is 4.98. The number of benzene rings is 2. The summed E-state index contributed by atoms with van der Waals surface area (Å²) in [6, 6.07) is 10.8. The highest BCUT2D eigenvalue weighted by Crippen LogP contribution is 2.25. The van der Waals surface area contributed by atoms with Crippen LogP contribution in [0.15, 0.2) is 47.4 Å². The Morgan fingerprint density at radius 2 is 1.64 bits per heavy atom. The van der Waals surface area contributed by atoms with Crippen molar-refractivity contribution < 1.29 is 22.3 Å². The number of hydrogen-bond acceptors (Lipinski definition) is 4. The molecule has 0 unspecified atom stereocenters. The Hall–Kier alpha value is -2.25. The van der Waals surface area contributed by atoms with E-state index in [4.69, 9.17) is 4.74 Å². The fourth-order valence-electron chi connectivity index (χ4n) is 3.51. The van der Waals surface area contributed by atoms with E-state index in [1.165, 1.54) is 16.4 Å². The average molecular weight is 405 g/mol. The highest BCUT2D eigenvalue weighted by Gasteiger charge is 2.32. The van der Waals surface area contributed by atoms with Crippen LogP contribution < -0.4 is 0 Å². The first-order valence-corrected chi connectivity index (χ1v) is 10.7. The molecule has 1 saturated heterocycles. The number of aryl methyl sites for hydroxylation is 2. The molecule has 0 spiro atoms. The Balaban J connectivity index is 1.55. The van der Waals surface area contributed by atoms with Gasteiger partial charge in [-0.1, -0.05) is 29.3 Å². The third-order valence-corrected chi connectivity index (χ3v) is 6.81. The fraction of sp³-hybridized carbons (Fsp3) is 0.381. The maximum Gasteiger partial charge on any atom is 0.309 e. The predicted octanol–water partition coefficient (Wildman–Crippen LogP) is 3.59. The van der Waals surface area contributed by atoms with Gasteiger partial charge < -0.3 is 4.74 Å². The molecule has 3 rings (SSSR count). The summed E-state index contributed by atoms with van der Waals surface area (Å²) in [6.45, 7) is 4.69. The van der Waals surface area contributed by atoms with E-state index in [0.717, 1.165) is 28.8 Å². The van der Waals surface area contributed by atoms with Crippen LogP contribution in [0.25, 0.3) is 0 Å². The molecule has 0 N–H and O–H groups in total. The predicted molar refractivity (Wildman–Crippen MR) is 104 cm³/mol. The van der Waals surface area contributed by atoms with Crippen LogP contribution in [-0.2, 0) is 26.2 Å². The molecule has 5 nitrogen and oxygen atoms in total. The molecule has 1 fully saturated rings. The van der Waals surface area contributed by atoms with E-state index >= 15 is 0 Å². The van der Waals surface area contributed by atoms with Gasteiger partial charge in [-0.15, -0.1) is 0 Å². The average Bonchev–Trinajstić information content (AvgIpc) is 2.66. The lowest BCUT2D eigenvalue weighted by atomic mass is 9.98. The maximum absolute atomic E-state index is 13.0. The van der Waals surface area contributed by atoms with Gasteiger partial charge in [0.2, 0.25) is 10.0 Å². The van der Waals surface area contributed by atoms with Gasteiger partial charge in [-0.3, -0.25) is 4.79 Å². The monoisotopic (exact) mass is 405 g/mol. The summed E-state index contributed by atoms with van der Waals surface area (Å²) in [5.41, 5.74) is 3.18. The topological polar surface area (TPSA) is 63.7 Å². The highest BCUT2D eigenvalue weighted by molar-refractivity contribution is 7.89. The maximum atomic E-state index is 13.0. The largest absolute Gasteiger partial charge is 0.461 e. The van der Waals surface area contributed by atoms with Crippen LogP contribution >= 0.6 is 0 Å². The molecule has 0 saturated carbocycles. The molecule has 1 aliphatic heterocycles. The van der Waals surface area contributed by atoms with Crippen molar-refractivity contribution in [3.63, 3.8) is 0 Å². The quantitative estimate of drug-likeness (QED) is 0.713. The second-order valence-corrected chi connectivity index (χ2v) is 9.17. The molecule has 0 atom stereocenters. The first kappa shape index (κ1) is 20.5. The van der Waals surface area contributed by atoms with E-state index in [9.17, 15) is 17.6 Å². The zero-order valence-electron chi connectivity index (χ0n) is 16.0. The second kappa shape index (κ2) is 8.41. The standard InChI is InChI=1S/C21H24FNO4S/c1-15-11-16(2)13-17(12-15)14-27-21(24)18-7-9-23(10-8-18)28(25,26)20-5-3-19(22)4-6-20/h3-6,11-13,18H,7-10,14H2,1-2H3. The Morgan fingerprint density at radius 3 is 2.21 bits per heavy atom. The van der Waals surface area contributed by atoms with Crippen molar-refractivity contribution >= 4 is 16.0 Å². The Bertz CT molecular complexity index is 929. The summed E-state index contributed by atoms with van der Waals surface area (Å²) in [5, 5.41) is 0. The van der Waals surface area contributed by atoms with E-state index in [-0.39, 0.29) is 36.5 Å². The molecular formula is C21H24FNO4S. The molecule has 0 aromatic heterocycles. The van der Waals surface area contributed by atoms with Crippen molar-refractivity contribution in [3.05, 3.63) is 65.0 Å². The smallest absolute Gasteiger partial charge is 0.309 e. The van der Waals surface area contributed by atoms with Crippen LogP contribution in [-0.4, -0.2) is 31.8 Å². The highest BCUT2D eigenvalue weighted by atomic mass is 32.2. The lowest BCUT2D eigenvalue weighted by Gasteiger charge is -2.30. The first-order valence-electron chi connectivity index (χ1n) is 9.25. The molecule has 7 heteroatoms. The van der Waals surface area contributed by atoms with Gasteiger partial charge in [0.25, 0.3) is 0 Å². The summed E-state index contributed by atoms with van der Waals surface area (Å²) in [6.07, 6.45) is 0.818. The summed E-state index contributed by atoms with van der Waals surface area (Å²) >= 11 is 0. The normalized spacial score (nSPS) is 16.1. The van der Waals surface area contributed by atoms with Crippen molar-refractivity contribution in [3.8, 4) is 0 Å². The molecule has 0 aliphatic carbocycles. The number of carbonyl (C=O) groups is 1. The molecule has 0 radical (unpaired) electrons. The van der Waals surface area contributed by atoms with Gasteiger partial charge in [0.15, 0.2) is 0 Å². The minimum absolute atomic E-state index is 0.0599. The van der Waals surface area contributed by atoms with Crippen molar-refractivity contribution in [1.82, 2.24) is 4.31 Å². The molecule has 0 amide bonds. The summed E-state index contributed by atoms with van der Waals surface area (Å²) in [5.74, 6) is -1.09. The summed E-state index contributed by atoms with van der Waals surface area (Å²) in [7, 11) is -3.68.